The van der Waals surface area contributed by atoms with Gasteiger partial charge in [-0.25, -0.2) is 0 Å². The van der Waals surface area contributed by atoms with E-state index < -0.39 is 4.92 Å². The van der Waals surface area contributed by atoms with Gasteiger partial charge in [0.1, 0.15) is 17.9 Å². The SMILES string of the molecule is Cc1nn(CC(=O)N2CCC(C)C2CO)c(C)c1[N+](=O)[O-]. The number of nitrogens with zero attached hydrogens (tertiary/aromatic N) is 4. The van der Waals surface area contributed by atoms with Crippen LogP contribution in [0.25, 0.3) is 0 Å². The Morgan fingerprint density at radius 3 is 2.71 bits per heavy atom. The lowest BCUT2D eigenvalue weighted by Gasteiger charge is -2.25. The standard InChI is InChI=1S/C13H20N4O4/c1-8-4-5-15(11(8)7-18)12(19)6-16-10(3)13(17(20)21)9(2)14-16/h8,11,18H,4-7H2,1-3H3. The van der Waals surface area contributed by atoms with Crippen molar-refractivity contribution in [2.24, 2.45) is 5.92 Å². The predicted molar refractivity (Wildman–Crippen MR) is 74.7 cm³/mol. The average Bonchev–Trinajstić information content (AvgIpc) is 2.90. The Morgan fingerprint density at radius 1 is 1.52 bits per heavy atom. The van der Waals surface area contributed by atoms with Crippen LogP contribution in [0.5, 0.6) is 0 Å². The van der Waals surface area contributed by atoms with Gasteiger partial charge in [-0.2, -0.15) is 5.10 Å². The lowest BCUT2D eigenvalue weighted by molar-refractivity contribution is -0.386. The van der Waals surface area contributed by atoms with Crippen LogP contribution in [-0.2, 0) is 11.3 Å². The third kappa shape index (κ3) is 2.76. The second kappa shape index (κ2) is 5.80. The van der Waals surface area contributed by atoms with Gasteiger partial charge in [0.25, 0.3) is 0 Å². The third-order valence-electron chi connectivity index (χ3n) is 4.20. The molecule has 0 aliphatic carbocycles. The minimum Gasteiger partial charge on any atom is -0.394 e. The van der Waals surface area contributed by atoms with Crippen molar-refractivity contribution in [3.05, 3.63) is 21.5 Å². The normalized spacial score (nSPS) is 21.8. The lowest BCUT2D eigenvalue weighted by Crippen LogP contribution is -2.41. The van der Waals surface area contributed by atoms with Gasteiger partial charge in [0.2, 0.25) is 5.91 Å². The molecule has 0 spiro atoms. The monoisotopic (exact) mass is 296 g/mol. The predicted octanol–water partition coefficient (Wildman–Crippen LogP) is 0.637. The Bertz CT molecular complexity index is 569. The highest BCUT2D eigenvalue weighted by molar-refractivity contribution is 5.77. The largest absolute Gasteiger partial charge is 0.394 e. The molecule has 0 radical (unpaired) electrons. The first-order chi connectivity index (χ1) is 9.86. The van der Waals surface area contributed by atoms with E-state index >= 15 is 0 Å². The first-order valence-corrected chi connectivity index (χ1v) is 6.95. The van der Waals surface area contributed by atoms with Gasteiger partial charge >= 0.3 is 5.69 Å². The molecule has 2 atom stereocenters. The van der Waals surface area contributed by atoms with Crippen LogP contribution in [0.2, 0.25) is 0 Å². The average molecular weight is 296 g/mol. The number of aromatic nitrogens is 2. The summed E-state index contributed by atoms with van der Waals surface area (Å²) >= 11 is 0. The summed E-state index contributed by atoms with van der Waals surface area (Å²) < 4.78 is 1.37. The molecule has 1 N–H and O–H groups in total. The van der Waals surface area contributed by atoms with Gasteiger partial charge < -0.3 is 10.0 Å². The number of nitro groups is 1. The topological polar surface area (TPSA) is 102 Å². The number of rotatable bonds is 4. The molecule has 1 aromatic heterocycles. The Balaban J connectivity index is 2.17. The lowest BCUT2D eigenvalue weighted by atomic mass is 10.0. The minimum atomic E-state index is -0.479. The van der Waals surface area contributed by atoms with Crippen molar-refractivity contribution in [3.63, 3.8) is 0 Å². The fraction of sp³-hybridized carbons (Fsp3) is 0.692. The molecule has 8 heteroatoms. The summed E-state index contributed by atoms with van der Waals surface area (Å²) in [6.45, 7) is 5.64. The summed E-state index contributed by atoms with van der Waals surface area (Å²) in [6.07, 6.45) is 0.855. The zero-order chi connectivity index (χ0) is 15.7. The second-order valence-electron chi connectivity index (χ2n) is 5.54. The van der Waals surface area contributed by atoms with E-state index in [1.807, 2.05) is 6.92 Å². The summed E-state index contributed by atoms with van der Waals surface area (Å²) in [6, 6.07) is -0.176. The summed E-state index contributed by atoms with van der Waals surface area (Å²) in [7, 11) is 0. The molecule has 0 saturated carbocycles. The van der Waals surface area contributed by atoms with Crippen molar-refractivity contribution < 1.29 is 14.8 Å². The van der Waals surface area contributed by atoms with Gasteiger partial charge in [0.05, 0.1) is 17.6 Å². The van der Waals surface area contributed by atoms with Crippen molar-refractivity contribution in [2.45, 2.75) is 39.8 Å². The Labute approximate surface area is 122 Å². The van der Waals surface area contributed by atoms with Crippen LogP contribution in [0.1, 0.15) is 24.7 Å². The molecule has 116 valence electrons. The van der Waals surface area contributed by atoms with Crippen LogP contribution >= 0.6 is 0 Å². The van der Waals surface area contributed by atoms with Crippen LogP contribution in [0.4, 0.5) is 5.69 Å². The number of aliphatic hydroxyl groups is 1. The van der Waals surface area contributed by atoms with Gasteiger partial charge in [-0.15, -0.1) is 0 Å². The number of carbonyl (C=O) groups is 1. The molecule has 8 nitrogen and oxygen atoms in total. The fourth-order valence-electron chi connectivity index (χ4n) is 2.92. The number of hydrogen-bond acceptors (Lipinski definition) is 5. The summed E-state index contributed by atoms with van der Waals surface area (Å²) in [4.78, 5) is 24.5. The molecule has 1 saturated heterocycles. The van der Waals surface area contributed by atoms with Gasteiger partial charge in [-0.05, 0) is 26.2 Å². The number of amides is 1. The highest BCUT2D eigenvalue weighted by atomic mass is 16.6. The molecule has 21 heavy (non-hydrogen) atoms. The van der Waals surface area contributed by atoms with E-state index in [0.29, 0.717) is 17.9 Å². The van der Waals surface area contributed by atoms with E-state index in [9.17, 15) is 20.0 Å². The Hall–Kier alpha value is -1.96. The molecule has 1 aromatic rings. The van der Waals surface area contributed by atoms with E-state index in [0.717, 1.165) is 6.42 Å². The highest BCUT2D eigenvalue weighted by Gasteiger charge is 2.34. The first-order valence-electron chi connectivity index (χ1n) is 6.95. The Kier molecular flexibility index (Phi) is 4.26. The first kappa shape index (κ1) is 15.4. The Morgan fingerprint density at radius 2 is 2.19 bits per heavy atom. The van der Waals surface area contributed by atoms with Crippen LogP contribution in [0.3, 0.4) is 0 Å². The third-order valence-corrected chi connectivity index (χ3v) is 4.20. The molecular weight excluding hydrogens is 276 g/mol. The number of hydrogen-bond donors (Lipinski definition) is 1. The minimum absolute atomic E-state index is 0.0380. The van der Waals surface area contributed by atoms with E-state index in [1.54, 1.807) is 18.7 Å². The van der Waals surface area contributed by atoms with Gasteiger partial charge in [-0.1, -0.05) is 6.92 Å². The molecule has 2 unspecified atom stereocenters. The molecule has 0 bridgehead atoms. The van der Waals surface area contributed by atoms with Crippen molar-refractivity contribution in [1.82, 2.24) is 14.7 Å². The smallest absolute Gasteiger partial charge is 0.312 e. The fourth-order valence-corrected chi connectivity index (χ4v) is 2.92. The van der Waals surface area contributed by atoms with Crippen LogP contribution in [0.15, 0.2) is 0 Å². The van der Waals surface area contributed by atoms with Crippen LogP contribution in [0, 0.1) is 29.9 Å². The van der Waals surface area contributed by atoms with E-state index in [-0.39, 0.29) is 36.7 Å². The van der Waals surface area contributed by atoms with Crippen molar-refractivity contribution in [1.29, 1.82) is 0 Å². The maximum atomic E-state index is 12.4. The molecule has 2 rings (SSSR count). The maximum Gasteiger partial charge on any atom is 0.312 e. The van der Waals surface area contributed by atoms with Crippen molar-refractivity contribution in [3.8, 4) is 0 Å². The van der Waals surface area contributed by atoms with Gasteiger partial charge in [0, 0.05) is 6.54 Å². The van der Waals surface area contributed by atoms with E-state index in [4.69, 9.17) is 0 Å². The van der Waals surface area contributed by atoms with Crippen molar-refractivity contribution in [2.75, 3.05) is 13.2 Å². The van der Waals surface area contributed by atoms with E-state index in [2.05, 4.69) is 5.10 Å². The number of likely N-dealkylation sites (tertiary alicyclic amines) is 1. The molecular formula is C13H20N4O4. The molecule has 0 aromatic carbocycles. The molecule has 1 amide bonds. The zero-order valence-corrected chi connectivity index (χ0v) is 12.4. The zero-order valence-electron chi connectivity index (χ0n) is 12.4. The van der Waals surface area contributed by atoms with Gasteiger partial charge in [-0.3, -0.25) is 19.6 Å². The van der Waals surface area contributed by atoms with E-state index in [1.165, 1.54) is 4.68 Å². The molecule has 2 heterocycles. The second-order valence-corrected chi connectivity index (χ2v) is 5.54. The molecule has 1 aliphatic heterocycles. The number of aliphatic hydroxyl groups excluding tert-OH is 1. The highest BCUT2D eigenvalue weighted by Crippen LogP contribution is 2.25. The summed E-state index contributed by atoms with van der Waals surface area (Å²) in [5.74, 6) is 0.0904. The molecule has 1 aliphatic rings. The number of aryl methyl sites for hydroxylation is 1. The summed E-state index contributed by atoms with van der Waals surface area (Å²) in [5.41, 5.74) is 0.633. The van der Waals surface area contributed by atoms with Crippen LogP contribution in [-0.4, -0.2) is 49.8 Å². The quantitative estimate of drug-likeness (QED) is 0.649. The van der Waals surface area contributed by atoms with Gasteiger partial charge in [0.15, 0.2) is 0 Å². The summed E-state index contributed by atoms with van der Waals surface area (Å²) in [5, 5.41) is 24.4. The molecule has 1 fully saturated rings. The van der Waals surface area contributed by atoms with Crippen molar-refractivity contribution >= 4 is 11.6 Å². The maximum absolute atomic E-state index is 12.4. The van der Waals surface area contributed by atoms with Crippen LogP contribution < -0.4 is 0 Å². The number of carbonyl (C=O) groups excluding carboxylic acids is 1.